The van der Waals surface area contributed by atoms with E-state index in [4.69, 9.17) is 0 Å². The maximum absolute atomic E-state index is 11.8. The Morgan fingerprint density at radius 3 is 2.50 bits per heavy atom. The van der Waals surface area contributed by atoms with E-state index in [0.29, 0.717) is 13.0 Å². The first-order valence-corrected chi connectivity index (χ1v) is 5.18. The van der Waals surface area contributed by atoms with Crippen molar-refractivity contribution in [1.82, 2.24) is 4.90 Å². The second kappa shape index (κ2) is 3.71. The highest BCUT2D eigenvalue weighted by Gasteiger charge is 2.36. The lowest BCUT2D eigenvalue weighted by Crippen LogP contribution is -2.54. The van der Waals surface area contributed by atoms with Crippen LogP contribution in [0.5, 0.6) is 0 Å². The van der Waals surface area contributed by atoms with Crippen LogP contribution in [0.25, 0.3) is 0 Å². The monoisotopic (exact) mass is 197 g/mol. The summed E-state index contributed by atoms with van der Waals surface area (Å²) in [6, 6.07) is 0. The second-order valence-electron chi connectivity index (χ2n) is 4.93. The lowest BCUT2D eigenvalue weighted by atomic mass is 9.89. The fourth-order valence-corrected chi connectivity index (χ4v) is 1.74. The average Bonchev–Trinajstić information content (AvgIpc) is 2.08. The fraction of sp³-hybridized carbons (Fsp3) is 0.818. The minimum Gasteiger partial charge on any atom is -0.330 e. The van der Waals surface area contributed by atoms with Crippen molar-refractivity contribution in [2.75, 3.05) is 6.54 Å². The second-order valence-corrected chi connectivity index (χ2v) is 4.93. The van der Waals surface area contributed by atoms with E-state index in [0.717, 1.165) is 6.42 Å². The number of hydrogen-bond donors (Lipinski definition) is 0. The molecule has 3 heteroatoms. The number of likely N-dealkylation sites (tertiary alicyclic amines) is 1. The van der Waals surface area contributed by atoms with Crippen LogP contribution in [-0.4, -0.2) is 28.7 Å². The van der Waals surface area contributed by atoms with Gasteiger partial charge in [0.05, 0.1) is 6.54 Å². The first-order chi connectivity index (χ1) is 6.34. The number of piperidine rings is 1. The lowest BCUT2D eigenvalue weighted by Gasteiger charge is -2.42. The molecule has 1 fully saturated rings. The minimum absolute atomic E-state index is 0.0276. The first kappa shape index (κ1) is 11.2. The van der Waals surface area contributed by atoms with Crippen molar-refractivity contribution in [1.29, 1.82) is 0 Å². The van der Waals surface area contributed by atoms with Gasteiger partial charge in [-0.1, -0.05) is 13.8 Å². The SMILES string of the molecule is CC(C)C(=O)N1CC(=O)CCC1(C)C. The van der Waals surface area contributed by atoms with E-state index in [2.05, 4.69) is 0 Å². The molecule has 0 radical (unpaired) electrons. The summed E-state index contributed by atoms with van der Waals surface area (Å²) in [5, 5.41) is 0. The topological polar surface area (TPSA) is 37.4 Å². The van der Waals surface area contributed by atoms with Crippen molar-refractivity contribution in [3.63, 3.8) is 0 Å². The minimum atomic E-state index is -0.157. The summed E-state index contributed by atoms with van der Waals surface area (Å²) in [5.74, 6) is 0.238. The van der Waals surface area contributed by atoms with Gasteiger partial charge in [-0.15, -0.1) is 0 Å². The van der Waals surface area contributed by atoms with Crippen LogP contribution in [0.4, 0.5) is 0 Å². The van der Waals surface area contributed by atoms with Gasteiger partial charge in [0.2, 0.25) is 5.91 Å². The Morgan fingerprint density at radius 1 is 1.43 bits per heavy atom. The summed E-state index contributed by atoms with van der Waals surface area (Å²) in [4.78, 5) is 24.9. The first-order valence-electron chi connectivity index (χ1n) is 5.18. The maximum Gasteiger partial charge on any atom is 0.225 e. The molecule has 0 aromatic carbocycles. The third kappa shape index (κ3) is 2.14. The van der Waals surface area contributed by atoms with Gasteiger partial charge >= 0.3 is 0 Å². The van der Waals surface area contributed by atoms with Crippen LogP contribution in [0.1, 0.15) is 40.5 Å². The van der Waals surface area contributed by atoms with E-state index in [-0.39, 0.29) is 23.1 Å². The Hall–Kier alpha value is -0.860. The van der Waals surface area contributed by atoms with Gasteiger partial charge in [0.15, 0.2) is 5.78 Å². The molecule has 0 atom stereocenters. The van der Waals surface area contributed by atoms with Gasteiger partial charge in [0, 0.05) is 17.9 Å². The molecule has 1 aliphatic heterocycles. The normalized spacial score (nSPS) is 21.5. The lowest BCUT2D eigenvalue weighted by molar-refractivity contribution is -0.147. The van der Waals surface area contributed by atoms with Gasteiger partial charge in [0.25, 0.3) is 0 Å². The molecule has 0 spiro atoms. The number of nitrogens with zero attached hydrogens (tertiary/aromatic N) is 1. The molecule has 14 heavy (non-hydrogen) atoms. The molecule has 80 valence electrons. The fourth-order valence-electron chi connectivity index (χ4n) is 1.74. The van der Waals surface area contributed by atoms with Gasteiger partial charge in [-0.2, -0.15) is 0 Å². The highest BCUT2D eigenvalue weighted by molar-refractivity contribution is 5.88. The summed E-state index contributed by atoms with van der Waals surface area (Å²) < 4.78 is 0. The number of Topliss-reactive ketones (excluding diaryl/α,β-unsaturated/α-hetero) is 1. The number of ketones is 1. The van der Waals surface area contributed by atoms with Crippen molar-refractivity contribution in [3.8, 4) is 0 Å². The van der Waals surface area contributed by atoms with E-state index in [1.165, 1.54) is 0 Å². The molecule has 1 amide bonds. The molecule has 0 unspecified atom stereocenters. The number of hydrogen-bond acceptors (Lipinski definition) is 2. The summed E-state index contributed by atoms with van der Waals surface area (Å²) in [6.45, 7) is 8.10. The van der Waals surface area contributed by atoms with E-state index in [1.807, 2.05) is 27.7 Å². The molecule has 0 aromatic rings. The van der Waals surface area contributed by atoms with Gasteiger partial charge in [0.1, 0.15) is 0 Å². The van der Waals surface area contributed by atoms with E-state index in [9.17, 15) is 9.59 Å². The predicted molar refractivity (Wildman–Crippen MR) is 54.9 cm³/mol. The average molecular weight is 197 g/mol. The molecule has 0 saturated carbocycles. The highest BCUT2D eigenvalue weighted by Crippen LogP contribution is 2.27. The maximum atomic E-state index is 11.8. The molecule has 0 aliphatic carbocycles. The third-order valence-corrected chi connectivity index (χ3v) is 2.84. The quantitative estimate of drug-likeness (QED) is 0.640. The Labute approximate surface area is 85.5 Å². The van der Waals surface area contributed by atoms with E-state index >= 15 is 0 Å². The zero-order valence-corrected chi connectivity index (χ0v) is 9.46. The van der Waals surface area contributed by atoms with Crippen molar-refractivity contribution >= 4 is 11.7 Å². The highest BCUT2D eigenvalue weighted by atomic mass is 16.2. The molecule has 1 heterocycles. The molecule has 3 nitrogen and oxygen atoms in total. The van der Waals surface area contributed by atoms with Gasteiger partial charge in [-0.3, -0.25) is 9.59 Å². The number of amides is 1. The molecule has 1 saturated heterocycles. The molecule has 0 aromatic heterocycles. The summed E-state index contributed by atoms with van der Waals surface area (Å²) >= 11 is 0. The van der Waals surface area contributed by atoms with Crippen LogP contribution in [0.2, 0.25) is 0 Å². The number of carbonyl (C=O) groups is 2. The van der Waals surface area contributed by atoms with Gasteiger partial charge in [-0.25, -0.2) is 0 Å². The zero-order valence-electron chi connectivity index (χ0n) is 9.46. The van der Waals surface area contributed by atoms with Crippen molar-refractivity contribution in [2.45, 2.75) is 46.1 Å². The largest absolute Gasteiger partial charge is 0.330 e. The van der Waals surface area contributed by atoms with Crippen LogP contribution in [-0.2, 0) is 9.59 Å². The Balaban J connectivity index is 2.82. The van der Waals surface area contributed by atoms with E-state index < -0.39 is 0 Å². The Bertz CT molecular complexity index is 256. The molecular formula is C11H19NO2. The molecule has 0 bridgehead atoms. The zero-order chi connectivity index (χ0) is 10.9. The number of rotatable bonds is 1. The Morgan fingerprint density at radius 2 is 2.00 bits per heavy atom. The molecular weight excluding hydrogens is 178 g/mol. The van der Waals surface area contributed by atoms with Crippen LogP contribution in [0.15, 0.2) is 0 Å². The predicted octanol–water partition coefficient (Wildman–Crippen LogP) is 1.61. The molecule has 0 N–H and O–H groups in total. The molecule has 1 aliphatic rings. The van der Waals surface area contributed by atoms with Crippen molar-refractivity contribution in [3.05, 3.63) is 0 Å². The van der Waals surface area contributed by atoms with Crippen LogP contribution < -0.4 is 0 Å². The third-order valence-electron chi connectivity index (χ3n) is 2.84. The Kier molecular flexibility index (Phi) is 2.98. The standard InChI is InChI=1S/C11H19NO2/c1-8(2)10(14)12-7-9(13)5-6-11(12,3)4/h8H,5-7H2,1-4H3. The van der Waals surface area contributed by atoms with Gasteiger partial charge < -0.3 is 4.90 Å². The van der Waals surface area contributed by atoms with Crippen LogP contribution >= 0.6 is 0 Å². The van der Waals surface area contributed by atoms with Gasteiger partial charge in [-0.05, 0) is 20.3 Å². The smallest absolute Gasteiger partial charge is 0.225 e. The van der Waals surface area contributed by atoms with Crippen LogP contribution in [0, 0.1) is 5.92 Å². The van der Waals surface area contributed by atoms with Crippen LogP contribution in [0.3, 0.4) is 0 Å². The van der Waals surface area contributed by atoms with Crippen molar-refractivity contribution < 1.29 is 9.59 Å². The van der Waals surface area contributed by atoms with E-state index in [1.54, 1.807) is 4.90 Å². The van der Waals surface area contributed by atoms with Crippen molar-refractivity contribution in [2.24, 2.45) is 5.92 Å². The molecule has 1 rings (SSSR count). The summed E-state index contributed by atoms with van der Waals surface area (Å²) in [5.41, 5.74) is -0.157. The summed E-state index contributed by atoms with van der Waals surface area (Å²) in [6.07, 6.45) is 1.39. The number of carbonyl (C=O) groups excluding carboxylic acids is 2. The summed E-state index contributed by atoms with van der Waals surface area (Å²) in [7, 11) is 0.